The highest BCUT2D eigenvalue weighted by molar-refractivity contribution is 5.81. The second-order valence-electron chi connectivity index (χ2n) is 5.39. The largest absolute Gasteiger partial charge is 0.281 e. The number of fused-ring (bicyclic) bond motifs is 1. The van der Waals surface area contributed by atoms with Crippen molar-refractivity contribution < 1.29 is 0 Å². The van der Waals surface area contributed by atoms with Gasteiger partial charge in [0.2, 0.25) is 0 Å². The van der Waals surface area contributed by atoms with Crippen LogP contribution in [0.4, 0.5) is 0 Å². The number of hydrogen-bond donors (Lipinski definition) is 1. The number of allylic oxidation sites excluding steroid dienone is 8. The van der Waals surface area contributed by atoms with E-state index in [0.29, 0.717) is 0 Å². The molecule has 106 valence electrons. The molecule has 0 saturated carbocycles. The molecule has 0 fully saturated rings. The SMILES string of the molecule is Cc1ccc2c(CC/C=C/C3=CCC=CC=C3)[nH]nc2c1. The van der Waals surface area contributed by atoms with E-state index in [1.54, 1.807) is 0 Å². The van der Waals surface area contributed by atoms with Crippen molar-refractivity contribution in [2.75, 3.05) is 0 Å². The predicted molar refractivity (Wildman–Crippen MR) is 89.3 cm³/mol. The number of aromatic nitrogens is 2. The van der Waals surface area contributed by atoms with Crippen LogP contribution in [0, 0.1) is 6.92 Å². The first-order chi connectivity index (χ1) is 10.3. The third-order valence-corrected chi connectivity index (χ3v) is 3.69. The molecule has 0 atom stereocenters. The predicted octanol–water partition coefficient (Wildman–Crippen LogP) is 4.80. The van der Waals surface area contributed by atoms with Crippen LogP contribution in [0.2, 0.25) is 0 Å². The van der Waals surface area contributed by atoms with Crippen molar-refractivity contribution in [1.29, 1.82) is 0 Å². The van der Waals surface area contributed by atoms with Crippen LogP contribution in [0.15, 0.2) is 66.3 Å². The lowest BCUT2D eigenvalue weighted by Crippen LogP contribution is -1.84. The Morgan fingerprint density at radius 2 is 2.24 bits per heavy atom. The Bertz CT molecular complexity index is 742. The van der Waals surface area contributed by atoms with Crippen molar-refractivity contribution in [2.24, 2.45) is 0 Å². The van der Waals surface area contributed by atoms with Crippen LogP contribution in [0.3, 0.4) is 0 Å². The zero-order chi connectivity index (χ0) is 14.5. The van der Waals surface area contributed by atoms with E-state index >= 15 is 0 Å². The fraction of sp³-hybridized carbons (Fsp3) is 0.211. The van der Waals surface area contributed by atoms with E-state index in [2.05, 4.69) is 77.9 Å². The van der Waals surface area contributed by atoms with Crippen molar-refractivity contribution in [3.05, 3.63) is 77.6 Å². The summed E-state index contributed by atoms with van der Waals surface area (Å²) in [7, 11) is 0. The zero-order valence-corrected chi connectivity index (χ0v) is 12.3. The van der Waals surface area contributed by atoms with Gasteiger partial charge in [0, 0.05) is 11.1 Å². The minimum atomic E-state index is 0.991. The van der Waals surface area contributed by atoms with E-state index in [4.69, 9.17) is 0 Å². The lowest BCUT2D eigenvalue weighted by molar-refractivity contribution is 0.924. The summed E-state index contributed by atoms with van der Waals surface area (Å²) in [4.78, 5) is 0. The molecule has 0 bridgehead atoms. The molecule has 2 aromatic rings. The van der Waals surface area contributed by atoms with Gasteiger partial charge >= 0.3 is 0 Å². The molecular weight excluding hydrogens is 256 g/mol. The summed E-state index contributed by atoms with van der Waals surface area (Å²) >= 11 is 0. The third kappa shape index (κ3) is 3.40. The summed E-state index contributed by atoms with van der Waals surface area (Å²) in [6.45, 7) is 2.10. The van der Waals surface area contributed by atoms with Crippen LogP contribution in [0.5, 0.6) is 0 Å². The van der Waals surface area contributed by atoms with E-state index in [9.17, 15) is 0 Å². The van der Waals surface area contributed by atoms with Crippen molar-refractivity contribution in [2.45, 2.75) is 26.2 Å². The Balaban J connectivity index is 1.63. The number of rotatable bonds is 4. The Labute approximate surface area is 125 Å². The summed E-state index contributed by atoms with van der Waals surface area (Å²) in [5.41, 5.74) is 4.82. The highest BCUT2D eigenvalue weighted by atomic mass is 15.1. The molecule has 2 heteroatoms. The standard InChI is InChI=1S/C19H20N2/c1-15-12-13-17-18(20-21-19(17)14-15)11-7-6-10-16-8-4-2-3-5-9-16/h2-4,6,8-10,12-14H,5,7,11H2,1H3,(H,20,21)/b10-6+. The molecule has 2 nitrogen and oxygen atoms in total. The molecule has 0 spiro atoms. The maximum Gasteiger partial charge on any atom is 0.0926 e. The van der Waals surface area contributed by atoms with Crippen LogP contribution in [0.25, 0.3) is 10.9 Å². The molecule has 1 aliphatic carbocycles. The molecule has 1 N–H and O–H groups in total. The summed E-state index contributed by atoms with van der Waals surface area (Å²) in [5.74, 6) is 0. The van der Waals surface area contributed by atoms with Gasteiger partial charge in [-0.1, -0.05) is 54.7 Å². The number of hydrogen-bond acceptors (Lipinski definition) is 1. The van der Waals surface area contributed by atoms with Gasteiger partial charge in [0.25, 0.3) is 0 Å². The molecule has 0 aliphatic heterocycles. The van der Waals surface area contributed by atoms with Gasteiger partial charge in [-0.05, 0) is 43.4 Å². The Hall–Kier alpha value is -2.35. The lowest BCUT2D eigenvalue weighted by atomic mass is 10.1. The third-order valence-electron chi connectivity index (χ3n) is 3.69. The van der Waals surface area contributed by atoms with Crippen molar-refractivity contribution >= 4 is 10.9 Å². The maximum atomic E-state index is 4.38. The average molecular weight is 276 g/mol. The van der Waals surface area contributed by atoms with Gasteiger partial charge in [-0.2, -0.15) is 5.10 Å². The first kappa shape index (κ1) is 13.6. The number of benzene rings is 1. The molecule has 3 rings (SSSR count). The number of H-pyrrole nitrogens is 1. The molecule has 1 aromatic heterocycles. The van der Waals surface area contributed by atoms with Gasteiger partial charge in [0.05, 0.1) is 5.52 Å². The van der Waals surface area contributed by atoms with Crippen LogP contribution in [-0.2, 0) is 6.42 Å². The topological polar surface area (TPSA) is 28.7 Å². The molecule has 0 unspecified atom stereocenters. The summed E-state index contributed by atoms with van der Waals surface area (Å²) < 4.78 is 0. The second-order valence-corrected chi connectivity index (χ2v) is 5.39. The van der Waals surface area contributed by atoms with Gasteiger partial charge in [0.15, 0.2) is 0 Å². The molecule has 0 amide bonds. The summed E-state index contributed by atoms with van der Waals surface area (Å²) in [5, 5.41) is 8.79. The Morgan fingerprint density at radius 1 is 1.29 bits per heavy atom. The molecule has 1 aliphatic rings. The van der Waals surface area contributed by atoms with Crippen LogP contribution in [-0.4, -0.2) is 10.2 Å². The first-order valence-electron chi connectivity index (χ1n) is 7.46. The number of nitrogens with one attached hydrogen (secondary N) is 1. The van der Waals surface area contributed by atoms with Crippen molar-refractivity contribution in [3.63, 3.8) is 0 Å². The summed E-state index contributed by atoms with van der Waals surface area (Å²) in [6, 6.07) is 6.43. The molecule has 21 heavy (non-hydrogen) atoms. The molecule has 0 saturated heterocycles. The van der Waals surface area contributed by atoms with Gasteiger partial charge in [-0.15, -0.1) is 0 Å². The highest BCUT2D eigenvalue weighted by Crippen LogP contribution is 2.18. The molecule has 1 aromatic carbocycles. The minimum absolute atomic E-state index is 0.991. The number of nitrogens with zero attached hydrogens (tertiary/aromatic N) is 1. The molecular formula is C19H20N2. The van der Waals surface area contributed by atoms with Gasteiger partial charge in [-0.25, -0.2) is 0 Å². The number of aryl methyl sites for hydroxylation is 2. The van der Waals surface area contributed by atoms with Gasteiger partial charge < -0.3 is 0 Å². The number of aromatic amines is 1. The molecule has 0 radical (unpaired) electrons. The second kappa shape index (κ2) is 6.40. The lowest BCUT2D eigenvalue weighted by Gasteiger charge is -1.97. The summed E-state index contributed by atoms with van der Waals surface area (Å²) in [6.07, 6.45) is 18.2. The fourth-order valence-electron chi connectivity index (χ4n) is 2.53. The average Bonchev–Trinajstić information content (AvgIpc) is 2.71. The monoisotopic (exact) mass is 276 g/mol. The van der Waals surface area contributed by atoms with Crippen LogP contribution in [0.1, 0.15) is 24.1 Å². The van der Waals surface area contributed by atoms with E-state index in [-0.39, 0.29) is 0 Å². The van der Waals surface area contributed by atoms with E-state index in [0.717, 1.165) is 24.8 Å². The fourth-order valence-corrected chi connectivity index (χ4v) is 2.53. The van der Waals surface area contributed by atoms with E-state index in [1.165, 1.54) is 22.2 Å². The minimum Gasteiger partial charge on any atom is -0.281 e. The Kier molecular flexibility index (Phi) is 4.15. The van der Waals surface area contributed by atoms with Gasteiger partial charge in [0.1, 0.15) is 0 Å². The quantitative estimate of drug-likeness (QED) is 0.853. The molecule has 1 heterocycles. The van der Waals surface area contributed by atoms with Crippen molar-refractivity contribution in [1.82, 2.24) is 10.2 Å². The van der Waals surface area contributed by atoms with Gasteiger partial charge in [-0.3, -0.25) is 5.10 Å². The normalized spacial score (nSPS) is 14.8. The first-order valence-corrected chi connectivity index (χ1v) is 7.46. The maximum absolute atomic E-state index is 4.38. The Morgan fingerprint density at radius 3 is 3.19 bits per heavy atom. The smallest absolute Gasteiger partial charge is 0.0926 e. The van der Waals surface area contributed by atoms with E-state index < -0.39 is 0 Å². The highest BCUT2D eigenvalue weighted by Gasteiger charge is 2.03. The van der Waals surface area contributed by atoms with Crippen molar-refractivity contribution in [3.8, 4) is 0 Å². The van der Waals surface area contributed by atoms with E-state index in [1.807, 2.05) is 0 Å². The zero-order valence-electron chi connectivity index (χ0n) is 12.3. The van der Waals surface area contributed by atoms with Crippen LogP contribution >= 0.6 is 0 Å². The van der Waals surface area contributed by atoms with Crippen LogP contribution < -0.4 is 0 Å².